The maximum Gasteiger partial charge on any atom is 0.327 e. The van der Waals surface area contributed by atoms with Crippen molar-refractivity contribution in [3.8, 4) is 11.5 Å². The number of esters is 2. The molecule has 0 saturated heterocycles. The van der Waals surface area contributed by atoms with Gasteiger partial charge in [-0.1, -0.05) is 54.2 Å². The van der Waals surface area contributed by atoms with Crippen molar-refractivity contribution in [3.05, 3.63) is 59.7 Å². The summed E-state index contributed by atoms with van der Waals surface area (Å²) < 4.78 is 15.9. The molecule has 1 aliphatic heterocycles. The van der Waals surface area contributed by atoms with Gasteiger partial charge in [-0.05, 0) is 23.6 Å². The monoisotopic (exact) mass is 429 g/mol. The number of ether oxygens (including phenoxy) is 3. The van der Waals surface area contributed by atoms with E-state index in [-0.39, 0.29) is 30.6 Å². The first-order valence-corrected chi connectivity index (χ1v) is 10.5. The summed E-state index contributed by atoms with van der Waals surface area (Å²) in [5.41, 5.74) is 1.79. The Morgan fingerprint density at radius 3 is 2.67 bits per heavy atom. The molecule has 0 bridgehead atoms. The SMILES string of the molecule is CC(=O)SCC(Cc1cccc2c1OCO2)C(=O)OC(=O)CNCc1ccccc1. The number of para-hydroxylation sites is 1. The summed E-state index contributed by atoms with van der Waals surface area (Å²) in [4.78, 5) is 36.1. The molecule has 0 radical (unpaired) electrons. The van der Waals surface area contributed by atoms with Gasteiger partial charge in [-0.3, -0.25) is 14.4 Å². The molecule has 0 amide bonds. The smallest absolute Gasteiger partial charge is 0.327 e. The van der Waals surface area contributed by atoms with Crippen LogP contribution in [0.25, 0.3) is 0 Å². The number of nitrogens with one attached hydrogen (secondary N) is 1. The Morgan fingerprint density at radius 1 is 1.10 bits per heavy atom. The zero-order valence-electron chi connectivity index (χ0n) is 16.6. The van der Waals surface area contributed by atoms with E-state index in [1.165, 1.54) is 6.92 Å². The molecule has 1 unspecified atom stereocenters. The van der Waals surface area contributed by atoms with Crippen molar-refractivity contribution in [2.75, 3.05) is 19.1 Å². The van der Waals surface area contributed by atoms with Crippen LogP contribution >= 0.6 is 11.8 Å². The van der Waals surface area contributed by atoms with Crippen LogP contribution in [-0.4, -0.2) is 36.1 Å². The van der Waals surface area contributed by atoms with Gasteiger partial charge in [-0.2, -0.15) is 0 Å². The summed E-state index contributed by atoms with van der Waals surface area (Å²) >= 11 is 1.02. The summed E-state index contributed by atoms with van der Waals surface area (Å²) in [7, 11) is 0. The van der Waals surface area contributed by atoms with Crippen LogP contribution in [0.15, 0.2) is 48.5 Å². The largest absolute Gasteiger partial charge is 0.454 e. The fraction of sp³-hybridized carbons (Fsp3) is 0.318. The van der Waals surface area contributed by atoms with Crippen molar-refractivity contribution < 1.29 is 28.6 Å². The first-order chi connectivity index (χ1) is 14.5. The fourth-order valence-corrected chi connectivity index (χ4v) is 3.67. The summed E-state index contributed by atoms with van der Waals surface area (Å²) in [6.45, 7) is 1.95. The van der Waals surface area contributed by atoms with Crippen molar-refractivity contribution in [2.24, 2.45) is 5.92 Å². The molecule has 7 nitrogen and oxygen atoms in total. The van der Waals surface area contributed by atoms with E-state index in [1.54, 1.807) is 6.07 Å². The minimum Gasteiger partial charge on any atom is -0.454 e. The third-order valence-electron chi connectivity index (χ3n) is 4.42. The van der Waals surface area contributed by atoms with Crippen LogP contribution < -0.4 is 14.8 Å². The van der Waals surface area contributed by atoms with E-state index in [0.29, 0.717) is 18.0 Å². The normalized spacial score (nSPS) is 13.0. The molecule has 3 rings (SSSR count). The molecule has 1 atom stereocenters. The van der Waals surface area contributed by atoms with Crippen molar-refractivity contribution in [1.82, 2.24) is 5.32 Å². The van der Waals surface area contributed by atoms with Gasteiger partial charge in [0.15, 0.2) is 16.6 Å². The Morgan fingerprint density at radius 2 is 1.90 bits per heavy atom. The lowest BCUT2D eigenvalue weighted by Crippen LogP contribution is -2.30. The van der Waals surface area contributed by atoms with Crippen molar-refractivity contribution >= 4 is 28.8 Å². The van der Waals surface area contributed by atoms with Crippen molar-refractivity contribution in [2.45, 2.75) is 19.9 Å². The highest BCUT2D eigenvalue weighted by Gasteiger charge is 2.27. The van der Waals surface area contributed by atoms with Crippen LogP contribution in [0.3, 0.4) is 0 Å². The van der Waals surface area contributed by atoms with E-state index >= 15 is 0 Å². The lowest BCUT2D eigenvalue weighted by molar-refractivity contribution is -0.161. The molecule has 1 heterocycles. The third kappa shape index (κ3) is 6.33. The van der Waals surface area contributed by atoms with Gasteiger partial charge in [-0.15, -0.1) is 0 Å². The van der Waals surface area contributed by atoms with E-state index in [0.717, 1.165) is 22.9 Å². The van der Waals surface area contributed by atoms with Crippen LogP contribution in [0.2, 0.25) is 0 Å². The second-order valence-electron chi connectivity index (χ2n) is 6.74. The first kappa shape index (κ1) is 21.9. The molecule has 8 heteroatoms. The quantitative estimate of drug-likeness (QED) is 0.481. The number of benzene rings is 2. The standard InChI is InChI=1S/C22H23NO6S/c1-15(24)30-13-18(10-17-8-5-9-19-21(17)28-14-27-19)22(26)29-20(25)12-23-11-16-6-3-2-4-7-16/h2-9,18,23H,10-14H2,1H3. The Bertz CT molecular complexity index is 902. The molecule has 30 heavy (non-hydrogen) atoms. The maximum atomic E-state index is 12.6. The van der Waals surface area contributed by atoms with Crippen LogP contribution in [0, 0.1) is 5.92 Å². The van der Waals surface area contributed by atoms with Gasteiger partial charge in [0.05, 0.1) is 12.5 Å². The van der Waals surface area contributed by atoms with Crippen molar-refractivity contribution in [3.63, 3.8) is 0 Å². The predicted molar refractivity (Wildman–Crippen MR) is 112 cm³/mol. The molecule has 2 aromatic rings. The van der Waals surface area contributed by atoms with E-state index in [2.05, 4.69) is 5.32 Å². The molecule has 1 N–H and O–H groups in total. The number of hydrogen-bond acceptors (Lipinski definition) is 8. The molecule has 2 aromatic carbocycles. The van der Waals surface area contributed by atoms with Gasteiger partial charge in [0.2, 0.25) is 6.79 Å². The summed E-state index contributed by atoms with van der Waals surface area (Å²) in [6, 6.07) is 15.0. The maximum absolute atomic E-state index is 12.6. The van der Waals surface area contributed by atoms with E-state index in [1.807, 2.05) is 42.5 Å². The molecule has 1 aliphatic rings. The van der Waals surface area contributed by atoms with Crippen LogP contribution in [0.4, 0.5) is 0 Å². The number of carbonyl (C=O) groups excluding carboxylic acids is 3. The number of thioether (sulfide) groups is 1. The molecular formula is C22H23NO6S. The molecule has 0 aromatic heterocycles. The van der Waals surface area contributed by atoms with Gasteiger partial charge in [0.1, 0.15) is 0 Å². The minimum absolute atomic E-state index is 0.0924. The number of carbonyl (C=O) groups is 3. The predicted octanol–water partition coefficient (Wildman–Crippen LogP) is 2.71. The van der Waals surface area contributed by atoms with E-state index < -0.39 is 17.9 Å². The fourth-order valence-electron chi connectivity index (χ4n) is 2.98. The second-order valence-corrected chi connectivity index (χ2v) is 7.93. The molecule has 0 aliphatic carbocycles. The highest BCUT2D eigenvalue weighted by Crippen LogP contribution is 2.36. The Kier molecular flexibility index (Phi) is 7.87. The van der Waals surface area contributed by atoms with Gasteiger partial charge in [-0.25, -0.2) is 0 Å². The highest BCUT2D eigenvalue weighted by atomic mass is 32.2. The minimum atomic E-state index is -0.673. The first-order valence-electron chi connectivity index (χ1n) is 9.53. The van der Waals surface area contributed by atoms with Gasteiger partial charge in [0.25, 0.3) is 0 Å². The molecule has 158 valence electrons. The molecule has 0 fully saturated rings. The third-order valence-corrected chi connectivity index (χ3v) is 5.40. The van der Waals surface area contributed by atoms with E-state index in [4.69, 9.17) is 14.2 Å². The highest BCUT2D eigenvalue weighted by molar-refractivity contribution is 8.13. The lowest BCUT2D eigenvalue weighted by Gasteiger charge is -2.15. The molecule has 0 spiro atoms. The number of hydrogen-bond donors (Lipinski definition) is 1. The lowest BCUT2D eigenvalue weighted by atomic mass is 10.00. The zero-order valence-corrected chi connectivity index (χ0v) is 17.4. The average molecular weight is 429 g/mol. The topological polar surface area (TPSA) is 90.9 Å². The van der Waals surface area contributed by atoms with Gasteiger partial charge < -0.3 is 19.5 Å². The Balaban J connectivity index is 1.57. The number of rotatable bonds is 9. The second kappa shape index (κ2) is 10.8. The molecule has 0 saturated carbocycles. The Labute approximate surface area is 179 Å². The van der Waals surface area contributed by atoms with Crippen LogP contribution in [-0.2, 0) is 32.1 Å². The summed E-state index contributed by atoms with van der Waals surface area (Å²) in [5.74, 6) is -0.589. The number of fused-ring (bicyclic) bond motifs is 1. The Hall–Kier alpha value is -2.84. The van der Waals surface area contributed by atoms with Gasteiger partial charge >= 0.3 is 11.9 Å². The summed E-state index contributed by atoms with van der Waals surface area (Å²) in [6.07, 6.45) is 0.274. The zero-order chi connectivity index (χ0) is 21.3. The van der Waals surface area contributed by atoms with Crippen LogP contribution in [0.5, 0.6) is 11.5 Å². The summed E-state index contributed by atoms with van der Waals surface area (Å²) in [5, 5.41) is 2.85. The van der Waals surface area contributed by atoms with Crippen molar-refractivity contribution in [1.29, 1.82) is 0 Å². The van der Waals surface area contributed by atoms with Gasteiger partial charge in [0, 0.05) is 19.2 Å². The van der Waals surface area contributed by atoms with Crippen LogP contribution in [0.1, 0.15) is 18.1 Å². The molecular weight excluding hydrogens is 406 g/mol. The van der Waals surface area contributed by atoms with E-state index in [9.17, 15) is 14.4 Å². The average Bonchev–Trinajstić information content (AvgIpc) is 3.21.